The summed E-state index contributed by atoms with van der Waals surface area (Å²) in [6, 6.07) is 0. The Kier molecular flexibility index (Phi) is 15.5. The van der Waals surface area contributed by atoms with Crippen molar-refractivity contribution in [3.63, 3.8) is 0 Å². The molecule has 0 rings (SSSR count). The molecule has 0 aromatic carbocycles. The highest BCUT2D eigenvalue weighted by molar-refractivity contribution is 4.40. The minimum Gasteiger partial charge on any atom is -0.393 e. The number of hydrogen-bond donors (Lipinski definition) is 1. The summed E-state index contributed by atoms with van der Waals surface area (Å²) in [5, 5.41) is 8.55. The van der Waals surface area contributed by atoms with Crippen molar-refractivity contribution in [1.82, 2.24) is 0 Å². The van der Waals surface area contributed by atoms with Crippen LogP contribution in [0.2, 0.25) is 0 Å². The van der Waals surface area contributed by atoms with Gasteiger partial charge in [0.2, 0.25) is 0 Å². The zero-order chi connectivity index (χ0) is 9.11. The Balaban J connectivity index is 0. The maximum absolute atomic E-state index is 8.55. The Morgan fingerprint density at radius 3 is 1.45 bits per heavy atom. The molecule has 1 atom stereocenters. The summed E-state index contributed by atoms with van der Waals surface area (Å²) in [4.78, 5) is 0. The van der Waals surface area contributed by atoms with Gasteiger partial charge in [-0.15, -0.1) is 0 Å². The van der Waals surface area contributed by atoms with E-state index in [1.807, 2.05) is 6.92 Å². The van der Waals surface area contributed by atoms with Crippen LogP contribution < -0.4 is 0 Å². The Bertz CT molecular complexity index is 48.8. The van der Waals surface area contributed by atoms with Crippen LogP contribution in [0.15, 0.2) is 0 Å². The molecular weight excluding hydrogens is 136 g/mol. The standard InChI is InChI=1S/C5H12O.C5H12/c1-3-4-5(2)6;1-3-5-4-2/h5-6H,3-4H2,1-2H3;3-5H2,1-2H3. The van der Waals surface area contributed by atoms with Gasteiger partial charge in [-0.2, -0.15) is 0 Å². The largest absolute Gasteiger partial charge is 0.393 e. The lowest BCUT2D eigenvalue weighted by Crippen LogP contribution is -1.95. The second-order valence-electron chi connectivity index (χ2n) is 2.99. The molecule has 0 aromatic heterocycles. The second kappa shape index (κ2) is 12.6. The van der Waals surface area contributed by atoms with Crippen molar-refractivity contribution in [2.75, 3.05) is 0 Å². The lowest BCUT2D eigenvalue weighted by Gasteiger charge is -1.95. The number of unbranched alkanes of at least 4 members (excludes halogenated alkanes) is 2. The Labute approximate surface area is 71.8 Å². The van der Waals surface area contributed by atoms with Gasteiger partial charge >= 0.3 is 0 Å². The molecule has 0 aliphatic heterocycles. The number of rotatable bonds is 4. The van der Waals surface area contributed by atoms with E-state index in [4.69, 9.17) is 5.11 Å². The van der Waals surface area contributed by atoms with Gasteiger partial charge in [0, 0.05) is 0 Å². The maximum Gasteiger partial charge on any atom is 0.0512 e. The van der Waals surface area contributed by atoms with Crippen molar-refractivity contribution in [2.45, 2.75) is 65.9 Å². The second-order valence-corrected chi connectivity index (χ2v) is 2.99. The van der Waals surface area contributed by atoms with Crippen LogP contribution in [0.25, 0.3) is 0 Å². The highest BCUT2D eigenvalue weighted by Crippen LogP contribution is 1.91. The summed E-state index contributed by atoms with van der Waals surface area (Å²) in [7, 11) is 0. The molecule has 0 saturated carbocycles. The summed E-state index contributed by atoms with van der Waals surface area (Å²) < 4.78 is 0. The summed E-state index contributed by atoms with van der Waals surface area (Å²) in [6.07, 6.45) is 5.99. The van der Waals surface area contributed by atoms with E-state index in [-0.39, 0.29) is 6.10 Å². The molecule has 0 heterocycles. The molecule has 1 unspecified atom stereocenters. The van der Waals surface area contributed by atoms with Gasteiger partial charge in [0.25, 0.3) is 0 Å². The van der Waals surface area contributed by atoms with Gasteiger partial charge < -0.3 is 5.11 Å². The first-order valence-corrected chi connectivity index (χ1v) is 4.87. The highest BCUT2D eigenvalue weighted by Gasteiger charge is 1.87. The minimum absolute atomic E-state index is 0.102. The van der Waals surface area contributed by atoms with Crippen LogP contribution in [0.3, 0.4) is 0 Å². The van der Waals surface area contributed by atoms with Gasteiger partial charge in [0.15, 0.2) is 0 Å². The van der Waals surface area contributed by atoms with Crippen LogP contribution in [0.1, 0.15) is 59.8 Å². The van der Waals surface area contributed by atoms with Crippen molar-refractivity contribution in [3.8, 4) is 0 Å². The molecule has 0 radical (unpaired) electrons. The third-order valence-electron chi connectivity index (χ3n) is 1.41. The first kappa shape index (κ1) is 13.5. The van der Waals surface area contributed by atoms with E-state index in [1.54, 1.807) is 0 Å². The van der Waals surface area contributed by atoms with Gasteiger partial charge in [-0.3, -0.25) is 0 Å². The third kappa shape index (κ3) is 25.7. The van der Waals surface area contributed by atoms with Crippen LogP contribution >= 0.6 is 0 Å². The smallest absolute Gasteiger partial charge is 0.0512 e. The molecule has 0 aliphatic carbocycles. The van der Waals surface area contributed by atoms with Crippen molar-refractivity contribution < 1.29 is 5.11 Å². The van der Waals surface area contributed by atoms with Crippen molar-refractivity contribution in [3.05, 3.63) is 0 Å². The summed E-state index contributed by atoms with van der Waals surface area (Å²) in [5.74, 6) is 0. The molecule has 0 fully saturated rings. The van der Waals surface area contributed by atoms with Crippen LogP contribution in [0.4, 0.5) is 0 Å². The molecule has 0 saturated heterocycles. The topological polar surface area (TPSA) is 20.2 Å². The lowest BCUT2D eigenvalue weighted by atomic mass is 10.2. The van der Waals surface area contributed by atoms with Crippen LogP contribution in [-0.2, 0) is 0 Å². The van der Waals surface area contributed by atoms with Gasteiger partial charge in [0.1, 0.15) is 0 Å². The lowest BCUT2D eigenvalue weighted by molar-refractivity contribution is 0.183. The fourth-order valence-electron chi connectivity index (χ4n) is 0.771. The maximum atomic E-state index is 8.55. The van der Waals surface area contributed by atoms with E-state index in [1.165, 1.54) is 19.3 Å². The quantitative estimate of drug-likeness (QED) is 0.668. The SMILES string of the molecule is CCCC(C)O.CCCCC. The van der Waals surface area contributed by atoms with Gasteiger partial charge in [-0.1, -0.05) is 46.5 Å². The van der Waals surface area contributed by atoms with E-state index in [0.29, 0.717) is 0 Å². The summed E-state index contributed by atoms with van der Waals surface area (Å²) in [5.41, 5.74) is 0. The van der Waals surface area contributed by atoms with E-state index in [2.05, 4.69) is 20.8 Å². The molecule has 11 heavy (non-hydrogen) atoms. The van der Waals surface area contributed by atoms with Gasteiger partial charge in [-0.25, -0.2) is 0 Å². The van der Waals surface area contributed by atoms with E-state index < -0.39 is 0 Å². The fourth-order valence-corrected chi connectivity index (χ4v) is 0.771. The first-order valence-electron chi connectivity index (χ1n) is 4.87. The molecule has 1 N–H and O–H groups in total. The molecule has 0 spiro atoms. The molecule has 0 aliphatic rings. The van der Waals surface area contributed by atoms with E-state index >= 15 is 0 Å². The fraction of sp³-hybridized carbons (Fsp3) is 1.00. The highest BCUT2D eigenvalue weighted by atomic mass is 16.3. The minimum atomic E-state index is -0.102. The van der Waals surface area contributed by atoms with Crippen molar-refractivity contribution in [2.24, 2.45) is 0 Å². The Morgan fingerprint density at radius 1 is 1.00 bits per heavy atom. The number of aliphatic hydroxyl groups is 1. The van der Waals surface area contributed by atoms with Gasteiger partial charge in [-0.05, 0) is 13.3 Å². The van der Waals surface area contributed by atoms with E-state index in [0.717, 1.165) is 12.8 Å². The predicted octanol–water partition coefficient (Wildman–Crippen LogP) is 3.36. The Hall–Kier alpha value is -0.0400. The first-order chi connectivity index (χ1) is 5.18. The van der Waals surface area contributed by atoms with Crippen LogP contribution in [0, 0.1) is 0 Å². The normalized spacial score (nSPS) is 11.7. The van der Waals surface area contributed by atoms with Crippen molar-refractivity contribution >= 4 is 0 Å². The summed E-state index contributed by atoms with van der Waals surface area (Å²) >= 11 is 0. The average molecular weight is 160 g/mol. The zero-order valence-electron chi connectivity index (χ0n) is 8.56. The van der Waals surface area contributed by atoms with Crippen LogP contribution in [0.5, 0.6) is 0 Å². The zero-order valence-corrected chi connectivity index (χ0v) is 8.56. The molecule has 0 bridgehead atoms. The number of hydrogen-bond acceptors (Lipinski definition) is 1. The Morgan fingerprint density at radius 2 is 1.45 bits per heavy atom. The van der Waals surface area contributed by atoms with Crippen LogP contribution in [-0.4, -0.2) is 11.2 Å². The molecular formula is C10H24O. The molecule has 0 amide bonds. The molecule has 70 valence electrons. The number of aliphatic hydroxyl groups excluding tert-OH is 1. The summed E-state index contributed by atoms with van der Waals surface area (Å²) in [6.45, 7) is 8.29. The molecule has 1 nitrogen and oxygen atoms in total. The molecule has 1 heteroatoms. The van der Waals surface area contributed by atoms with Gasteiger partial charge in [0.05, 0.1) is 6.10 Å². The third-order valence-corrected chi connectivity index (χ3v) is 1.41. The monoisotopic (exact) mass is 160 g/mol. The average Bonchev–Trinajstić information content (AvgIpc) is 1.90. The van der Waals surface area contributed by atoms with Crippen molar-refractivity contribution in [1.29, 1.82) is 0 Å². The van der Waals surface area contributed by atoms with E-state index in [9.17, 15) is 0 Å². The molecule has 0 aromatic rings. The predicted molar refractivity (Wildman–Crippen MR) is 51.8 cm³/mol.